The van der Waals surface area contributed by atoms with Crippen LogP contribution < -0.4 is 5.32 Å². The second-order valence-corrected chi connectivity index (χ2v) is 11.3. The average Bonchev–Trinajstić information content (AvgIpc) is 2.63. The average molecular weight is 425 g/mol. The largest absolute Gasteiger partial charge is 0.520 e. The smallest absolute Gasteiger partial charge is 0.373 e. The van der Waals surface area contributed by atoms with Crippen molar-refractivity contribution in [3.8, 4) is 0 Å². The molecule has 2 unspecified atom stereocenters. The highest BCUT2D eigenvalue weighted by molar-refractivity contribution is 6.64. The summed E-state index contributed by atoms with van der Waals surface area (Å²) in [5.74, 6) is 0. The van der Waals surface area contributed by atoms with Crippen LogP contribution in [-0.2, 0) is 26.6 Å². The number of hydrogen-bond acceptors (Lipinski definition) is 6. The highest BCUT2D eigenvalue weighted by Crippen LogP contribution is 2.25. The van der Waals surface area contributed by atoms with Crippen molar-refractivity contribution in [2.24, 2.45) is 0 Å². The predicted molar refractivity (Wildman–Crippen MR) is 112 cm³/mol. The number of hydrogen-bond donors (Lipinski definition) is 0. The Morgan fingerprint density at radius 3 is 0.852 bits per heavy atom. The zero-order chi connectivity index (χ0) is 20.8. The van der Waals surface area contributed by atoms with Crippen LogP contribution in [0.15, 0.2) is 0 Å². The topological polar surface area (TPSA) is 69.5 Å². The van der Waals surface area contributed by atoms with Crippen LogP contribution in [-0.4, -0.2) is 68.6 Å². The Kier molecular flexibility index (Phi) is 15.1. The van der Waals surface area contributed by atoms with Gasteiger partial charge in [-0.2, -0.15) is 0 Å². The number of nitrogens with zero attached hydrogens (tertiary/aromatic N) is 1. The maximum Gasteiger partial charge on any atom is 0.520 e. The SMILES string of the molecule is CCO[Si](OCC)(OCC)C(CC)[N]C(CC)[Si](OCC)(OCC)OCC. The summed E-state index contributed by atoms with van der Waals surface area (Å²) in [4.78, 5) is 0. The zero-order valence-corrected chi connectivity index (χ0v) is 20.7. The third-order valence-electron chi connectivity index (χ3n) is 4.02. The van der Waals surface area contributed by atoms with Gasteiger partial charge in [0.05, 0.1) is 11.3 Å². The fourth-order valence-corrected chi connectivity index (χ4v) is 9.09. The van der Waals surface area contributed by atoms with Crippen LogP contribution in [0.5, 0.6) is 0 Å². The van der Waals surface area contributed by atoms with E-state index in [-0.39, 0.29) is 11.3 Å². The molecule has 1 radical (unpaired) electrons. The summed E-state index contributed by atoms with van der Waals surface area (Å²) >= 11 is 0. The summed E-state index contributed by atoms with van der Waals surface area (Å²) in [6.45, 7) is 19.1. The van der Waals surface area contributed by atoms with E-state index in [1.165, 1.54) is 0 Å². The highest BCUT2D eigenvalue weighted by atomic mass is 28.4. The van der Waals surface area contributed by atoms with E-state index in [1.807, 2.05) is 41.5 Å². The molecule has 0 aliphatic heterocycles. The molecule has 0 fully saturated rings. The van der Waals surface area contributed by atoms with E-state index in [1.54, 1.807) is 0 Å². The molecule has 7 nitrogen and oxygen atoms in total. The second kappa shape index (κ2) is 15.1. The van der Waals surface area contributed by atoms with Crippen LogP contribution in [0.2, 0.25) is 0 Å². The zero-order valence-electron chi connectivity index (χ0n) is 18.7. The molecule has 2 atom stereocenters. The lowest BCUT2D eigenvalue weighted by Crippen LogP contribution is -2.67. The van der Waals surface area contributed by atoms with Gasteiger partial charge in [0.1, 0.15) is 0 Å². The molecular weight excluding hydrogens is 382 g/mol. The number of rotatable bonds is 18. The lowest BCUT2D eigenvalue weighted by Gasteiger charge is -2.39. The summed E-state index contributed by atoms with van der Waals surface area (Å²) in [5.41, 5.74) is -0.369. The molecule has 0 heterocycles. The van der Waals surface area contributed by atoms with E-state index in [4.69, 9.17) is 31.9 Å². The van der Waals surface area contributed by atoms with Crippen molar-refractivity contribution in [3.63, 3.8) is 0 Å². The van der Waals surface area contributed by atoms with E-state index in [2.05, 4.69) is 13.8 Å². The van der Waals surface area contributed by atoms with Crippen molar-refractivity contribution in [3.05, 3.63) is 0 Å². The third-order valence-corrected chi connectivity index (χ3v) is 10.9. The molecule has 0 saturated heterocycles. The molecule has 0 amide bonds. The first kappa shape index (κ1) is 27.2. The molecular formula is C18H42NO6Si2. The fourth-order valence-electron chi connectivity index (χ4n) is 3.14. The molecule has 0 N–H and O–H groups in total. The first-order valence-electron chi connectivity index (χ1n) is 10.5. The van der Waals surface area contributed by atoms with Gasteiger partial charge in [0.15, 0.2) is 0 Å². The van der Waals surface area contributed by atoms with Gasteiger partial charge in [-0.1, -0.05) is 13.8 Å². The molecule has 0 aliphatic rings. The van der Waals surface area contributed by atoms with Crippen LogP contribution in [0.25, 0.3) is 0 Å². The van der Waals surface area contributed by atoms with E-state index in [0.29, 0.717) is 39.6 Å². The van der Waals surface area contributed by atoms with Gasteiger partial charge in [-0.3, -0.25) is 0 Å². The van der Waals surface area contributed by atoms with E-state index >= 15 is 0 Å². The van der Waals surface area contributed by atoms with Crippen LogP contribution >= 0.6 is 0 Å². The van der Waals surface area contributed by atoms with Gasteiger partial charge in [0.2, 0.25) is 0 Å². The minimum Gasteiger partial charge on any atom is -0.373 e. The second-order valence-electron chi connectivity index (χ2n) is 5.80. The third kappa shape index (κ3) is 7.83. The minimum atomic E-state index is -2.96. The van der Waals surface area contributed by atoms with Gasteiger partial charge < -0.3 is 26.6 Å². The van der Waals surface area contributed by atoms with Crippen LogP contribution in [0, 0.1) is 0 Å². The van der Waals surface area contributed by atoms with Gasteiger partial charge in [-0.05, 0) is 54.4 Å². The Bertz CT molecular complexity index is 299. The fraction of sp³-hybridized carbons (Fsp3) is 1.00. The summed E-state index contributed by atoms with van der Waals surface area (Å²) in [6, 6.07) is 0. The van der Waals surface area contributed by atoms with Gasteiger partial charge >= 0.3 is 17.6 Å². The predicted octanol–water partition coefficient (Wildman–Crippen LogP) is 3.32. The van der Waals surface area contributed by atoms with Crippen molar-refractivity contribution in [2.45, 2.75) is 79.6 Å². The maximum atomic E-state index is 6.10. The molecule has 9 heteroatoms. The minimum absolute atomic E-state index is 0.185. The molecule has 0 bridgehead atoms. The Morgan fingerprint density at radius 1 is 0.481 bits per heavy atom. The standard InChI is InChI=1S/C18H42NO6Si2/c1-9-17(26(20-11-3,21-12-4)22-13-5)19-18(10-2)27(23-14-6,24-15-7)25-16-8/h17-18H,9-16H2,1-8H3. The lowest BCUT2D eigenvalue weighted by atomic mass is 10.4. The summed E-state index contributed by atoms with van der Waals surface area (Å²) in [6.07, 6.45) is 1.52. The summed E-state index contributed by atoms with van der Waals surface area (Å²) in [5, 5.41) is 5.14. The molecule has 0 aromatic rings. The molecule has 0 saturated carbocycles. The van der Waals surface area contributed by atoms with Crippen molar-refractivity contribution in [1.82, 2.24) is 5.32 Å². The molecule has 0 aromatic carbocycles. The van der Waals surface area contributed by atoms with E-state index in [9.17, 15) is 0 Å². The molecule has 163 valence electrons. The lowest BCUT2D eigenvalue weighted by molar-refractivity contribution is 0.0428. The molecule has 0 spiro atoms. The van der Waals surface area contributed by atoms with E-state index < -0.39 is 17.6 Å². The van der Waals surface area contributed by atoms with Gasteiger partial charge in [-0.15, -0.1) is 0 Å². The normalized spacial score (nSPS) is 15.1. The first-order chi connectivity index (χ1) is 13.0. The molecule has 0 aromatic heterocycles. The van der Waals surface area contributed by atoms with Crippen molar-refractivity contribution < 1.29 is 26.6 Å². The van der Waals surface area contributed by atoms with Crippen molar-refractivity contribution in [1.29, 1.82) is 0 Å². The van der Waals surface area contributed by atoms with Crippen LogP contribution in [0.4, 0.5) is 0 Å². The Hall–Kier alpha value is 0.154. The van der Waals surface area contributed by atoms with Crippen molar-refractivity contribution >= 4 is 17.6 Å². The Balaban J connectivity index is 5.81. The molecule has 27 heavy (non-hydrogen) atoms. The monoisotopic (exact) mass is 424 g/mol. The molecule has 0 rings (SSSR count). The van der Waals surface area contributed by atoms with Gasteiger partial charge in [0, 0.05) is 39.6 Å². The van der Waals surface area contributed by atoms with Gasteiger partial charge in [0.25, 0.3) is 0 Å². The maximum absolute atomic E-state index is 6.10. The van der Waals surface area contributed by atoms with E-state index in [0.717, 1.165) is 12.8 Å². The summed E-state index contributed by atoms with van der Waals surface area (Å²) in [7, 11) is -5.93. The van der Waals surface area contributed by atoms with Gasteiger partial charge in [-0.25, -0.2) is 5.32 Å². The Labute approximate surface area is 169 Å². The molecule has 0 aliphatic carbocycles. The Morgan fingerprint density at radius 2 is 0.704 bits per heavy atom. The first-order valence-corrected chi connectivity index (χ1v) is 14.1. The quantitative estimate of drug-likeness (QED) is 0.314. The van der Waals surface area contributed by atoms with Crippen LogP contribution in [0.3, 0.4) is 0 Å². The highest BCUT2D eigenvalue weighted by Gasteiger charge is 2.55. The van der Waals surface area contributed by atoms with Crippen LogP contribution in [0.1, 0.15) is 68.2 Å². The van der Waals surface area contributed by atoms with Crippen molar-refractivity contribution in [2.75, 3.05) is 39.6 Å². The summed E-state index contributed by atoms with van der Waals surface area (Å²) < 4.78 is 36.6.